The van der Waals surface area contributed by atoms with Gasteiger partial charge in [0.2, 0.25) is 10.0 Å². The van der Waals surface area contributed by atoms with Crippen molar-refractivity contribution in [3.8, 4) is 0 Å². The smallest absolute Gasteiger partial charge is 0.349 e. The molecule has 0 unspecified atom stereocenters. The third kappa shape index (κ3) is 3.03. The monoisotopic (exact) mass is 279 g/mol. The van der Waals surface area contributed by atoms with Crippen molar-refractivity contribution in [2.24, 2.45) is 0 Å². The average molecular weight is 279 g/mol. The third-order valence-corrected chi connectivity index (χ3v) is 4.82. The second-order valence-corrected chi connectivity index (χ2v) is 5.77. The molecule has 0 spiro atoms. The van der Waals surface area contributed by atoms with E-state index in [0.717, 1.165) is 11.3 Å². The summed E-state index contributed by atoms with van der Waals surface area (Å²) >= 11 is 1.01. The molecule has 0 aliphatic carbocycles. The van der Waals surface area contributed by atoms with Crippen molar-refractivity contribution in [2.75, 3.05) is 20.3 Å². The van der Waals surface area contributed by atoms with Crippen molar-refractivity contribution in [3.63, 3.8) is 0 Å². The van der Waals surface area contributed by atoms with Gasteiger partial charge in [0, 0.05) is 6.54 Å². The molecule has 96 valence electrons. The number of aliphatic hydroxyl groups is 1. The summed E-state index contributed by atoms with van der Waals surface area (Å²) in [7, 11) is -2.61. The highest BCUT2D eigenvalue weighted by Gasteiger charge is 2.26. The van der Waals surface area contributed by atoms with Crippen LogP contribution in [0.1, 0.15) is 15.2 Å². The van der Waals surface area contributed by atoms with E-state index in [0.29, 0.717) is 5.56 Å². The number of hydrogen-bond donors (Lipinski definition) is 2. The Morgan fingerprint density at radius 1 is 1.59 bits per heavy atom. The van der Waals surface area contributed by atoms with Crippen LogP contribution in [0.4, 0.5) is 0 Å². The maximum atomic E-state index is 11.9. The second-order valence-electron chi connectivity index (χ2n) is 3.19. The zero-order valence-corrected chi connectivity index (χ0v) is 11.0. The number of ether oxygens (including phenoxy) is 1. The lowest BCUT2D eigenvalue weighted by molar-refractivity contribution is 0.0602. The minimum atomic E-state index is -3.80. The summed E-state index contributed by atoms with van der Waals surface area (Å²) in [6.07, 6.45) is 0. The van der Waals surface area contributed by atoms with Crippen molar-refractivity contribution in [2.45, 2.75) is 11.8 Å². The largest absolute Gasteiger partial charge is 0.465 e. The summed E-state index contributed by atoms with van der Waals surface area (Å²) in [5.41, 5.74) is 0.473. The molecular formula is C9H13NO5S2. The van der Waals surface area contributed by atoms with Gasteiger partial charge in [-0.05, 0) is 17.9 Å². The summed E-state index contributed by atoms with van der Waals surface area (Å²) in [6, 6.07) is 0. The van der Waals surface area contributed by atoms with Crippen molar-refractivity contribution in [3.05, 3.63) is 15.8 Å². The minimum Gasteiger partial charge on any atom is -0.465 e. The van der Waals surface area contributed by atoms with Gasteiger partial charge in [0.05, 0.1) is 13.7 Å². The van der Waals surface area contributed by atoms with Gasteiger partial charge >= 0.3 is 5.97 Å². The van der Waals surface area contributed by atoms with Crippen molar-refractivity contribution < 1.29 is 23.1 Å². The molecule has 0 saturated heterocycles. The molecule has 0 fully saturated rings. The van der Waals surface area contributed by atoms with Crippen LogP contribution < -0.4 is 4.72 Å². The van der Waals surface area contributed by atoms with Gasteiger partial charge < -0.3 is 9.84 Å². The van der Waals surface area contributed by atoms with Crippen LogP contribution in [0, 0.1) is 6.92 Å². The van der Waals surface area contributed by atoms with E-state index in [2.05, 4.69) is 9.46 Å². The number of nitrogens with one attached hydrogen (secondary N) is 1. The Bertz CT molecular complexity index is 505. The summed E-state index contributed by atoms with van der Waals surface area (Å²) in [4.78, 5) is 11.4. The van der Waals surface area contributed by atoms with Crippen molar-refractivity contribution >= 4 is 27.3 Å². The molecule has 8 heteroatoms. The summed E-state index contributed by atoms with van der Waals surface area (Å²) in [6.45, 7) is 1.19. The van der Waals surface area contributed by atoms with Gasteiger partial charge in [-0.25, -0.2) is 17.9 Å². The number of aryl methyl sites for hydroxylation is 1. The Morgan fingerprint density at radius 3 is 2.76 bits per heavy atom. The van der Waals surface area contributed by atoms with Crippen molar-refractivity contribution in [1.82, 2.24) is 4.72 Å². The van der Waals surface area contributed by atoms with E-state index in [1.807, 2.05) is 0 Å². The number of aliphatic hydroxyl groups excluding tert-OH is 1. The fraction of sp³-hybridized carbons (Fsp3) is 0.444. The number of hydrogen-bond acceptors (Lipinski definition) is 6. The first-order valence-electron chi connectivity index (χ1n) is 4.71. The van der Waals surface area contributed by atoms with Crippen LogP contribution in [0.2, 0.25) is 0 Å². The summed E-state index contributed by atoms with van der Waals surface area (Å²) in [5, 5.41) is 10.2. The molecule has 0 aliphatic rings. The summed E-state index contributed by atoms with van der Waals surface area (Å²) < 4.78 is 30.5. The highest BCUT2D eigenvalue weighted by Crippen LogP contribution is 2.27. The number of thiophene rings is 1. The number of esters is 1. The first-order valence-corrected chi connectivity index (χ1v) is 7.07. The van der Waals surface area contributed by atoms with Crippen LogP contribution >= 0.6 is 11.3 Å². The first-order chi connectivity index (χ1) is 7.94. The van der Waals surface area contributed by atoms with E-state index < -0.39 is 16.0 Å². The third-order valence-electron chi connectivity index (χ3n) is 1.96. The molecule has 1 aromatic rings. The SMILES string of the molecule is COC(=O)c1scc(C)c1S(=O)(=O)NCCO. The Morgan fingerprint density at radius 2 is 2.24 bits per heavy atom. The quantitative estimate of drug-likeness (QED) is 0.746. The molecule has 0 aromatic carbocycles. The molecule has 0 saturated carbocycles. The maximum absolute atomic E-state index is 11.9. The fourth-order valence-corrected chi connectivity index (χ4v) is 3.98. The van der Waals surface area contributed by atoms with Gasteiger partial charge in [-0.3, -0.25) is 0 Å². The number of methoxy groups -OCH3 is 1. The second kappa shape index (κ2) is 5.58. The number of sulfonamides is 1. The predicted molar refractivity (Wildman–Crippen MR) is 62.7 cm³/mol. The highest BCUT2D eigenvalue weighted by atomic mass is 32.2. The van der Waals surface area contributed by atoms with Crippen LogP contribution in [0.25, 0.3) is 0 Å². The highest BCUT2D eigenvalue weighted by molar-refractivity contribution is 7.89. The topological polar surface area (TPSA) is 92.7 Å². The van der Waals surface area contributed by atoms with Gasteiger partial charge in [-0.2, -0.15) is 0 Å². The van der Waals surface area contributed by atoms with Crippen LogP contribution in [-0.4, -0.2) is 39.8 Å². The zero-order valence-electron chi connectivity index (χ0n) is 9.39. The maximum Gasteiger partial charge on any atom is 0.349 e. The molecule has 0 amide bonds. The molecule has 0 aliphatic heterocycles. The molecular weight excluding hydrogens is 266 g/mol. The Balaban J connectivity index is 3.21. The van der Waals surface area contributed by atoms with Crippen LogP contribution in [0.5, 0.6) is 0 Å². The molecule has 1 rings (SSSR count). The number of carbonyl (C=O) groups excluding carboxylic acids is 1. The standard InChI is InChI=1S/C9H13NO5S2/c1-6-5-16-7(9(12)15-2)8(6)17(13,14)10-3-4-11/h5,10-11H,3-4H2,1-2H3. The van der Waals surface area contributed by atoms with E-state index in [4.69, 9.17) is 5.11 Å². The van der Waals surface area contributed by atoms with E-state index in [-0.39, 0.29) is 22.9 Å². The van der Waals surface area contributed by atoms with E-state index in [9.17, 15) is 13.2 Å². The van der Waals surface area contributed by atoms with Crippen LogP contribution in [0.15, 0.2) is 10.3 Å². The predicted octanol–water partition coefficient (Wildman–Crippen LogP) is 0.114. The van der Waals surface area contributed by atoms with E-state index in [1.165, 1.54) is 7.11 Å². The molecule has 6 nitrogen and oxygen atoms in total. The number of rotatable bonds is 5. The van der Waals surface area contributed by atoms with Crippen LogP contribution in [-0.2, 0) is 14.8 Å². The van der Waals surface area contributed by atoms with E-state index >= 15 is 0 Å². The lowest BCUT2D eigenvalue weighted by Crippen LogP contribution is -2.28. The summed E-state index contributed by atoms with van der Waals surface area (Å²) in [5.74, 6) is -0.688. The van der Waals surface area contributed by atoms with Crippen molar-refractivity contribution in [1.29, 1.82) is 0 Å². The average Bonchev–Trinajstić information content (AvgIpc) is 2.68. The molecule has 0 bridgehead atoms. The lowest BCUT2D eigenvalue weighted by atomic mass is 10.3. The fourth-order valence-electron chi connectivity index (χ4n) is 1.25. The zero-order chi connectivity index (χ0) is 13.1. The Kier molecular flexibility index (Phi) is 4.63. The molecule has 17 heavy (non-hydrogen) atoms. The van der Waals surface area contributed by atoms with Gasteiger partial charge in [-0.1, -0.05) is 0 Å². The van der Waals surface area contributed by atoms with Gasteiger partial charge in [0.25, 0.3) is 0 Å². The molecule has 0 radical (unpaired) electrons. The van der Waals surface area contributed by atoms with Gasteiger partial charge in [-0.15, -0.1) is 11.3 Å². The minimum absolute atomic E-state index is 0.0374. The molecule has 2 N–H and O–H groups in total. The Hall–Kier alpha value is -0.960. The van der Waals surface area contributed by atoms with E-state index in [1.54, 1.807) is 12.3 Å². The van der Waals surface area contributed by atoms with Crippen LogP contribution in [0.3, 0.4) is 0 Å². The molecule has 1 aromatic heterocycles. The molecule has 0 atom stereocenters. The van der Waals surface area contributed by atoms with Gasteiger partial charge in [0.15, 0.2) is 0 Å². The number of carbonyl (C=O) groups is 1. The molecule has 1 heterocycles. The van der Waals surface area contributed by atoms with Gasteiger partial charge in [0.1, 0.15) is 9.77 Å². The Labute approximate surface area is 103 Å². The normalized spacial score (nSPS) is 11.5. The first kappa shape index (κ1) is 14.1. The lowest BCUT2D eigenvalue weighted by Gasteiger charge is -2.06.